The standard InChI is InChI=1S/C19H18N2O3/c1-12-4-3-5-14(10-12)6-9-18(22)20-15-7-8-17-16(11-15)21-19(23)13(2)24-17/h3-11,13H,1-2H3,(H,20,22)(H,21,23)/b9-6+/t13-/m1/s1. The minimum atomic E-state index is -0.518. The van der Waals surface area contributed by atoms with Gasteiger partial charge < -0.3 is 15.4 Å². The summed E-state index contributed by atoms with van der Waals surface area (Å²) in [6.45, 7) is 3.69. The van der Waals surface area contributed by atoms with Crippen molar-refractivity contribution in [2.24, 2.45) is 0 Å². The first-order valence-electron chi connectivity index (χ1n) is 7.68. The summed E-state index contributed by atoms with van der Waals surface area (Å²) in [5, 5.41) is 5.52. The van der Waals surface area contributed by atoms with Crippen LogP contribution >= 0.6 is 0 Å². The Morgan fingerprint density at radius 3 is 2.88 bits per heavy atom. The number of rotatable bonds is 3. The van der Waals surface area contributed by atoms with Crippen LogP contribution in [-0.4, -0.2) is 17.9 Å². The Bertz CT molecular complexity index is 827. The number of benzene rings is 2. The number of carbonyl (C=O) groups is 2. The van der Waals surface area contributed by atoms with Crippen LogP contribution in [0, 0.1) is 6.92 Å². The molecule has 2 aromatic rings. The quantitative estimate of drug-likeness (QED) is 0.851. The monoisotopic (exact) mass is 322 g/mol. The molecule has 5 nitrogen and oxygen atoms in total. The predicted octanol–water partition coefficient (Wildman–Crippen LogP) is 3.37. The van der Waals surface area contributed by atoms with Gasteiger partial charge in [0, 0.05) is 11.8 Å². The fraction of sp³-hybridized carbons (Fsp3) is 0.158. The van der Waals surface area contributed by atoms with Gasteiger partial charge >= 0.3 is 0 Å². The molecule has 0 aromatic heterocycles. The van der Waals surface area contributed by atoms with Crippen molar-refractivity contribution in [2.75, 3.05) is 10.6 Å². The zero-order valence-corrected chi connectivity index (χ0v) is 13.5. The molecule has 1 aliphatic rings. The molecule has 2 aromatic carbocycles. The van der Waals surface area contributed by atoms with Crippen molar-refractivity contribution >= 4 is 29.3 Å². The first-order valence-corrected chi connectivity index (χ1v) is 7.68. The summed E-state index contributed by atoms with van der Waals surface area (Å²) in [4.78, 5) is 23.7. The number of nitrogens with one attached hydrogen (secondary N) is 2. The lowest BCUT2D eigenvalue weighted by Gasteiger charge is -2.23. The first-order chi connectivity index (χ1) is 11.5. The minimum Gasteiger partial charge on any atom is -0.479 e. The Morgan fingerprint density at radius 1 is 1.25 bits per heavy atom. The molecular weight excluding hydrogens is 304 g/mol. The smallest absolute Gasteiger partial charge is 0.265 e. The van der Waals surface area contributed by atoms with E-state index in [2.05, 4.69) is 10.6 Å². The summed E-state index contributed by atoms with van der Waals surface area (Å²) in [5.74, 6) is 0.147. The molecule has 2 amide bonds. The second-order valence-corrected chi connectivity index (χ2v) is 5.70. The van der Waals surface area contributed by atoms with Gasteiger partial charge in [-0.2, -0.15) is 0 Å². The Labute approximate surface area is 140 Å². The van der Waals surface area contributed by atoms with E-state index < -0.39 is 6.10 Å². The van der Waals surface area contributed by atoms with E-state index in [1.807, 2.05) is 31.2 Å². The summed E-state index contributed by atoms with van der Waals surface area (Å²) in [6.07, 6.45) is 2.72. The van der Waals surface area contributed by atoms with Crippen LogP contribution in [0.25, 0.3) is 6.08 Å². The highest BCUT2D eigenvalue weighted by Gasteiger charge is 2.23. The second kappa shape index (κ2) is 6.58. The van der Waals surface area contributed by atoms with Crippen molar-refractivity contribution in [1.82, 2.24) is 0 Å². The lowest BCUT2D eigenvalue weighted by atomic mass is 10.1. The van der Waals surface area contributed by atoms with E-state index in [1.54, 1.807) is 31.2 Å². The molecule has 122 valence electrons. The molecular formula is C19H18N2O3. The Hall–Kier alpha value is -3.08. The van der Waals surface area contributed by atoms with Crippen LogP contribution in [0.3, 0.4) is 0 Å². The van der Waals surface area contributed by atoms with E-state index in [1.165, 1.54) is 6.08 Å². The maximum atomic E-state index is 12.0. The lowest BCUT2D eigenvalue weighted by molar-refractivity contribution is -0.122. The van der Waals surface area contributed by atoms with Gasteiger partial charge in [0.05, 0.1) is 5.69 Å². The van der Waals surface area contributed by atoms with Gasteiger partial charge in [-0.05, 0) is 43.7 Å². The number of ether oxygens (including phenoxy) is 1. The fourth-order valence-electron chi connectivity index (χ4n) is 2.42. The van der Waals surface area contributed by atoms with E-state index in [-0.39, 0.29) is 11.8 Å². The van der Waals surface area contributed by atoms with Gasteiger partial charge in [0.2, 0.25) is 5.91 Å². The first kappa shape index (κ1) is 15.8. The Balaban J connectivity index is 1.69. The summed E-state index contributed by atoms with van der Waals surface area (Å²) in [7, 11) is 0. The van der Waals surface area contributed by atoms with Gasteiger partial charge in [0.15, 0.2) is 6.10 Å². The van der Waals surface area contributed by atoms with Crippen molar-refractivity contribution in [3.63, 3.8) is 0 Å². The largest absolute Gasteiger partial charge is 0.479 e. The highest BCUT2D eigenvalue weighted by Crippen LogP contribution is 2.32. The highest BCUT2D eigenvalue weighted by atomic mass is 16.5. The van der Waals surface area contributed by atoms with E-state index >= 15 is 0 Å². The number of fused-ring (bicyclic) bond motifs is 1. The molecule has 0 spiro atoms. The van der Waals surface area contributed by atoms with Gasteiger partial charge in [-0.1, -0.05) is 29.8 Å². The third kappa shape index (κ3) is 3.63. The normalized spacial score (nSPS) is 16.2. The fourth-order valence-corrected chi connectivity index (χ4v) is 2.42. The second-order valence-electron chi connectivity index (χ2n) is 5.70. The minimum absolute atomic E-state index is 0.203. The Morgan fingerprint density at radius 2 is 2.08 bits per heavy atom. The molecule has 0 unspecified atom stereocenters. The molecule has 2 N–H and O–H groups in total. The lowest BCUT2D eigenvalue weighted by Crippen LogP contribution is -2.34. The molecule has 24 heavy (non-hydrogen) atoms. The van der Waals surface area contributed by atoms with Gasteiger partial charge in [-0.25, -0.2) is 0 Å². The predicted molar refractivity (Wildman–Crippen MR) is 94.0 cm³/mol. The van der Waals surface area contributed by atoms with Gasteiger partial charge in [-0.3, -0.25) is 9.59 Å². The molecule has 0 saturated carbocycles. The molecule has 0 bridgehead atoms. The maximum absolute atomic E-state index is 12.0. The van der Waals surface area contributed by atoms with Crippen LogP contribution < -0.4 is 15.4 Å². The SMILES string of the molecule is Cc1cccc(/C=C/C(=O)Nc2ccc3c(c2)NC(=O)[C@@H](C)O3)c1. The summed E-state index contributed by atoms with van der Waals surface area (Å²) >= 11 is 0. The van der Waals surface area contributed by atoms with Crippen LogP contribution in [0.2, 0.25) is 0 Å². The van der Waals surface area contributed by atoms with Crippen LogP contribution in [0.1, 0.15) is 18.1 Å². The summed E-state index contributed by atoms with van der Waals surface area (Å²) in [5.41, 5.74) is 3.24. The third-order valence-corrected chi connectivity index (χ3v) is 3.65. The topological polar surface area (TPSA) is 67.4 Å². The molecule has 3 rings (SSSR count). The molecule has 1 atom stereocenters. The molecule has 1 heterocycles. The van der Waals surface area contributed by atoms with Crippen molar-refractivity contribution in [1.29, 1.82) is 0 Å². The van der Waals surface area contributed by atoms with Crippen molar-refractivity contribution in [2.45, 2.75) is 20.0 Å². The van der Waals surface area contributed by atoms with Crippen molar-refractivity contribution in [3.05, 3.63) is 59.7 Å². The van der Waals surface area contributed by atoms with Crippen molar-refractivity contribution in [3.8, 4) is 5.75 Å². The number of anilines is 2. The average Bonchev–Trinajstić information content (AvgIpc) is 2.54. The number of hydrogen-bond donors (Lipinski definition) is 2. The molecule has 1 aliphatic heterocycles. The van der Waals surface area contributed by atoms with Crippen molar-refractivity contribution < 1.29 is 14.3 Å². The van der Waals surface area contributed by atoms with Gasteiger partial charge in [0.25, 0.3) is 5.91 Å². The van der Waals surface area contributed by atoms with E-state index in [9.17, 15) is 9.59 Å². The molecule has 0 radical (unpaired) electrons. The zero-order chi connectivity index (χ0) is 17.1. The van der Waals surface area contributed by atoms with Crippen LogP contribution in [0.5, 0.6) is 5.75 Å². The Kier molecular flexibility index (Phi) is 4.33. The zero-order valence-electron chi connectivity index (χ0n) is 13.5. The molecule has 5 heteroatoms. The number of carbonyl (C=O) groups excluding carboxylic acids is 2. The number of aryl methyl sites for hydroxylation is 1. The van der Waals surface area contributed by atoms with Crippen LogP contribution in [0.15, 0.2) is 48.5 Å². The van der Waals surface area contributed by atoms with Gasteiger partial charge in [0.1, 0.15) is 5.75 Å². The maximum Gasteiger partial charge on any atom is 0.265 e. The molecule has 0 fully saturated rings. The van der Waals surface area contributed by atoms with Gasteiger partial charge in [-0.15, -0.1) is 0 Å². The van der Waals surface area contributed by atoms with E-state index in [0.29, 0.717) is 17.1 Å². The average molecular weight is 322 g/mol. The van der Waals surface area contributed by atoms with Crippen LogP contribution in [-0.2, 0) is 9.59 Å². The summed E-state index contributed by atoms with van der Waals surface area (Å²) < 4.78 is 5.48. The number of amides is 2. The van der Waals surface area contributed by atoms with Crippen LogP contribution in [0.4, 0.5) is 11.4 Å². The van der Waals surface area contributed by atoms with E-state index in [0.717, 1.165) is 11.1 Å². The molecule has 0 saturated heterocycles. The highest BCUT2D eigenvalue weighted by molar-refractivity contribution is 6.03. The third-order valence-electron chi connectivity index (χ3n) is 3.65. The number of hydrogen-bond acceptors (Lipinski definition) is 3. The van der Waals surface area contributed by atoms with E-state index in [4.69, 9.17) is 4.74 Å². The molecule has 0 aliphatic carbocycles. The summed E-state index contributed by atoms with van der Waals surface area (Å²) in [6, 6.07) is 13.0.